The maximum atomic E-state index is 11.8. The molecule has 0 unspecified atom stereocenters. The molecule has 1 N–H and O–H groups in total. The van der Waals surface area contributed by atoms with Crippen LogP contribution in [0.4, 0.5) is 0 Å². The summed E-state index contributed by atoms with van der Waals surface area (Å²) in [5.74, 6) is -0.161. The molecule has 4 heteroatoms. The van der Waals surface area contributed by atoms with Crippen LogP contribution in [0.1, 0.15) is 46.0 Å². The van der Waals surface area contributed by atoms with Gasteiger partial charge >= 0.3 is 0 Å². The van der Waals surface area contributed by atoms with Gasteiger partial charge in [-0.05, 0) is 25.7 Å². The van der Waals surface area contributed by atoms with Crippen LogP contribution in [-0.4, -0.2) is 35.8 Å². The minimum absolute atomic E-state index is 0.0104. The number of carbonyl (C=O) groups is 2. The summed E-state index contributed by atoms with van der Waals surface area (Å²) in [6.45, 7) is 5.59. The molecule has 1 fully saturated rings. The molecule has 1 saturated carbocycles. The van der Waals surface area contributed by atoms with Gasteiger partial charge in [0.2, 0.25) is 11.8 Å². The van der Waals surface area contributed by atoms with Gasteiger partial charge in [-0.15, -0.1) is 0 Å². The molecule has 1 rings (SSSR count). The molecule has 0 heterocycles. The van der Waals surface area contributed by atoms with E-state index in [-0.39, 0.29) is 18.2 Å². The maximum Gasteiger partial charge on any atom is 0.232 e. The second-order valence-corrected chi connectivity index (χ2v) is 4.40. The molecule has 0 atom stereocenters. The van der Waals surface area contributed by atoms with Crippen molar-refractivity contribution in [2.75, 3.05) is 13.1 Å². The summed E-state index contributed by atoms with van der Waals surface area (Å²) in [6, 6.07) is 0.339. The first-order valence-corrected chi connectivity index (χ1v) is 6.24. The maximum absolute atomic E-state index is 11.8. The van der Waals surface area contributed by atoms with Gasteiger partial charge in [0.1, 0.15) is 6.42 Å². The molecule has 0 aliphatic heterocycles. The molecule has 1 aliphatic carbocycles. The van der Waals surface area contributed by atoms with E-state index in [1.807, 2.05) is 13.8 Å². The Morgan fingerprint density at radius 2 is 1.75 bits per heavy atom. The summed E-state index contributed by atoms with van der Waals surface area (Å²) in [4.78, 5) is 25.0. The molecule has 0 saturated heterocycles. The predicted octanol–water partition coefficient (Wildman–Crippen LogP) is 1.30. The van der Waals surface area contributed by atoms with Gasteiger partial charge in [-0.1, -0.05) is 13.8 Å². The molecule has 0 aromatic carbocycles. The van der Waals surface area contributed by atoms with Crippen molar-refractivity contribution >= 4 is 11.8 Å². The summed E-state index contributed by atoms with van der Waals surface area (Å²) in [7, 11) is 0. The number of nitrogens with zero attached hydrogens (tertiary/aromatic N) is 1. The lowest BCUT2D eigenvalue weighted by Gasteiger charge is -2.21. The number of hydrogen-bond acceptors (Lipinski definition) is 2. The summed E-state index contributed by atoms with van der Waals surface area (Å²) in [6.07, 6.45) is 4.02. The lowest BCUT2D eigenvalue weighted by Crippen LogP contribution is -2.37. The molecular weight excluding hydrogens is 204 g/mol. The highest BCUT2D eigenvalue weighted by Crippen LogP contribution is 2.18. The average Bonchev–Trinajstić information content (AvgIpc) is 3.01. The van der Waals surface area contributed by atoms with Crippen LogP contribution in [0.5, 0.6) is 0 Å². The third-order valence-corrected chi connectivity index (χ3v) is 2.59. The lowest BCUT2D eigenvalue weighted by molar-refractivity contribution is -0.136. The van der Waals surface area contributed by atoms with E-state index in [0.29, 0.717) is 6.04 Å². The van der Waals surface area contributed by atoms with E-state index in [1.165, 1.54) is 0 Å². The predicted molar refractivity (Wildman–Crippen MR) is 62.9 cm³/mol. The minimum atomic E-state index is -0.121. The van der Waals surface area contributed by atoms with Crippen molar-refractivity contribution in [3.05, 3.63) is 0 Å². The SMILES string of the molecule is CCCN(CCC)C(=O)CC(=O)NC1CC1. The Kier molecular flexibility index (Phi) is 5.29. The third kappa shape index (κ3) is 4.64. The normalized spacial score (nSPS) is 14.6. The van der Waals surface area contributed by atoms with E-state index in [0.717, 1.165) is 38.8 Å². The highest BCUT2D eigenvalue weighted by atomic mass is 16.2. The largest absolute Gasteiger partial charge is 0.353 e. The van der Waals surface area contributed by atoms with E-state index < -0.39 is 0 Å². The van der Waals surface area contributed by atoms with Gasteiger partial charge in [-0.2, -0.15) is 0 Å². The van der Waals surface area contributed by atoms with Crippen molar-refractivity contribution in [1.29, 1.82) is 0 Å². The Hall–Kier alpha value is -1.06. The zero-order valence-electron chi connectivity index (χ0n) is 10.3. The minimum Gasteiger partial charge on any atom is -0.353 e. The van der Waals surface area contributed by atoms with Crippen LogP contribution in [0.15, 0.2) is 0 Å². The zero-order chi connectivity index (χ0) is 12.0. The fourth-order valence-electron chi connectivity index (χ4n) is 1.66. The molecular formula is C12H22N2O2. The smallest absolute Gasteiger partial charge is 0.232 e. The van der Waals surface area contributed by atoms with Crippen molar-refractivity contribution in [3.63, 3.8) is 0 Å². The summed E-state index contributed by atoms with van der Waals surface area (Å²) >= 11 is 0. The van der Waals surface area contributed by atoms with Crippen LogP contribution in [0.2, 0.25) is 0 Å². The topological polar surface area (TPSA) is 49.4 Å². The molecule has 0 aromatic rings. The molecule has 2 amide bonds. The van der Waals surface area contributed by atoms with Crippen molar-refractivity contribution in [1.82, 2.24) is 10.2 Å². The molecule has 92 valence electrons. The Morgan fingerprint density at radius 3 is 2.19 bits per heavy atom. The summed E-state index contributed by atoms with van der Waals surface area (Å²) in [5, 5.41) is 2.84. The Labute approximate surface area is 97.4 Å². The van der Waals surface area contributed by atoms with Crippen LogP contribution < -0.4 is 5.32 Å². The van der Waals surface area contributed by atoms with Crippen LogP contribution in [0.3, 0.4) is 0 Å². The molecule has 1 aliphatic rings. The van der Waals surface area contributed by atoms with Crippen LogP contribution in [0, 0.1) is 0 Å². The molecule has 16 heavy (non-hydrogen) atoms. The number of hydrogen-bond donors (Lipinski definition) is 1. The quantitative estimate of drug-likeness (QED) is 0.665. The first-order chi connectivity index (χ1) is 7.67. The van der Waals surface area contributed by atoms with E-state index >= 15 is 0 Å². The summed E-state index contributed by atoms with van der Waals surface area (Å²) < 4.78 is 0. The third-order valence-electron chi connectivity index (χ3n) is 2.59. The molecule has 0 aromatic heterocycles. The van der Waals surface area contributed by atoms with Crippen molar-refractivity contribution in [2.45, 2.75) is 52.0 Å². The number of amides is 2. The monoisotopic (exact) mass is 226 g/mol. The van der Waals surface area contributed by atoms with Gasteiger partial charge in [-0.25, -0.2) is 0 Å². The van der Waals surface area contributed by atoms with E-state index in [4.69, 9.17) is 0 Å². The number of nitrogens with one attached hydrogen (secondary N) is 1. The summed E-state index contributed by atoms with van der Waals surface area (Å²) in [5.41, 5.74) is 0. The van der Waals surface area contributed by atoms with Crippen molar-refractivity contribution in [3.8, 4) is 0 Å². The second kappa shape index (κ2) is 6.51. The van der Waals surface area contributed by atoms with Gasteiger partial charge in [0.05, 0.1) is 0 Å². The van der Waals surface area contributed by atoms with Gasteiger partial charge in [0, 0.05) is 19.1 Å². The molecule has 0 radical (unpaired) electrons. The van der Waals surface area contributed by atoms with Crippen LogP contribution >= 0.6 is 0 Å². The molecule has 0 bridgehead atoms. The average molecular weight is 226 g/mol. The number of carbonyl (C=O) groups excluding carboxylic acids is 2. The molecule has 0 spiro atoms. The first kappa shape index (κ1) is 13.0. The van der Waals surface area contributed by atoms with Gasteiger partial charge in [0.25, 0.3) is 0 Å². The molecule has 4 nitrogen and oxygen atoms in total. The lowest BCUT2D eigenvalue weighted by atomic mass is 10.3. The van der Waals surface area contributed by atoms with Gasteiger partial charge < -0.3 is 10.2 Å². The zero-order valence-corrected chi connectivity index (χ0v) is 10.3. The van der Waals surface area contributed by atoms with Crippen LogP contribution in [0.25, 0.3) is 0 Å². The highest BCUT2D eigenvalue weighted by Gasteiger charge is 2.25. The number of rotatable bonds is 7. The van der Waals surface area contributed by atoms with Crippen molar-refractivity contribution < 1.29 is 9.59 Å². The van der Waals surface area contributed by atoms with Crippen LogP contribution in [-0.2, 0) is 9.59 Å². The van der Waals surface area contributed by atoms with Crippen molar-refractivity contribution in [2.24, 2.45) is 0 Å². The first-order valence-electron chi connectivity index (χ1n) is 6.24. The fraction of sp³-hybridized carbons (Fsp3) is 0.833. The van der Waals surface area contributed by atoms with E-state index in [1.54, 1.807) is 4.90 Å². The Morgan fingerprint density at radius 1 is 1.19 bits per heavy atom. The standard InChI is InChI=1S/C12H22N2O2/c1-3-7-14(8-4-2)12(16)9-11(15)13-10-5-6-10/h10H,3-9H2,1-2H3,(H,13,15). The van der Waals surface area contributed by atoms with E-state index in [2.05, 4.69) is 5.32 Å². The second-order valence-electron chi connectivity index (χ2n) is 4.40. The Balaban J connectivity index is 2.30. The van der Waals surface area contributed by atoms with Gasteiger partial charge in [-0.3, -0.25) is 9.59 Å². The fourth-order valence-corrected chi connectivity index (χ4v) is 1.66. The van der Waals surface area contributed by atoms with Gasteiger partial charge in [0.15, 0.2) is 0 Å². The highest BCUT2D eigenvalue weighted by molar-refractivity contribution is 5.97. The Bertz CT molecular complexity index is 243. The van der Waals surface area contributed by atoms with E-state index in [9.17, 15) is 9.59 Å².